The molecule has 1 amide bonds. The maximum Gasteiger partial charge on any atom is 0.244 e. The number of carbonyl (C=O) groups is 1. The van der Waals surface area contributed by atoms with E-state index in [0.717, 1.165) is 26.1 Å². The number of amides is 1. The zero-order valence-electron chi connectivity index (χ0n) is 9.46. The van der Waals surface area contributed by atoms with Gasteiger partial charge < -0.3 is 10.2 Å². The highest BCUT2D eigenvalue weighted by Crippen LogP contribution is 2.07. The third kappa shape index (κ3) is 2.38. The molecule has 1 fully saturated rings. The van der Waals surface area contributed by atoms with Gasteiger partial charge in [-0.25, -0.2) is 4.68 Å². The zero-order valence-corrected chi connectivity index (χ0v) is 9.46. The van der Waals surface area contributed by atoms with Crippen molar-refractivity contribution >= 4 is 5.91 Å². The number of hydrogen-bond donors (Lipinski definition) is 1. The molecule has 0 saturated carbocycles. The van der Waals surface area contributed by atoms with E-state index in [0.29, 0.717) is 6.04 Å². The van der Waals surface area contributed by atoms with Gasteiger partial charge in [0.05, 0.1) is 12.2 Å². The molecule has 0 atom stereocenters. The van der Waals surface area contributed by atoms with Crippen molar-refractivity contribution in [3.05, 3.63) is 12.4 Å². The maximum atomic E-state index is 12.0. The van der Waals surface area contributed by atoms with Crippen LogP contribution in [0.1, 0.15) is 13.3 Å². The first kappa shape index (κ1) is 11.1. The predicted octanol–water partition coefficient (Wildman–Crippen LogP) is -0.511. The van der Waals surface area contributed by atoms with Crippen LogP contribution < -0.4 is 5.32 Å². The lowest BCUT2D eigenvalue weighted by Crippen LogP contribution is -2.59. The molecule has 6 heteroatoms. The lowest BCUT2D eigenvalue weighted by Gasteiger charge is -2.38. The molecule has 6 nitrogen and oxygen atoms in total. The van der Waals surface area contributed by atoms with Gasteiger partial charge in [-0.2, -0.15) is 0 Å². The van der Waals surface area contributed by atoms with Gasteiger partial charge in [0.15, 0.2) is 0 Å². The van der Waals surface area contributed by atoms with Crippen LogP contribution in [0.3, 0.4) is 0 Å². The van der Waals surface area contributed by atoms with Gasteiger partial charge in [0.2, 0.25) is 5.91 Å². The summed E-state index contributed by atoms with van der Waals surface area (Å²) in [4.78, 5) is 14.0. The molecule has 0 aromatic carbocycles. The molecular formula is C10H17N5O. The smallest absolute Gasteiger partial charge is 0.244 e. The largest absolute Gasteiger partial charge is 0.336 e. The topological polar surface area (TPSA) is 63.1 Å². The van der Waals surface area contributed by atoms with Crippen molar-refractivity contribution in [1.29, 1.82) is 0 Å². The van der Waals surface area contributed by atoms with Crippen LogP contribution in [0.15, 0.2) is 12.4 Å². The molecule has 0 bridgehead atoms. The summed E-state index contributed by atoms with van der Waals surface area (Å²) >= 11 is 0. The summed E-state index contributed by atoms with van der Waals surface area (Å²) in [6, 6.07) is 0.357. The zero-order chi connectivity index (χ0) is 11.4. The van der Waals surface area contributed by atoms with Crippen LogP contribution in [-0.2, 0) is 11.3 Å². The second kappa shape index (κ2) is 5.07. The number of nitrogens with zero attached hydrogens (tertiary/aromatic N) is 4. The highest BCUT2D eigenvalue weighted by atomic mass is 16.2. The second-order valence-electron chi connectivity index (χ2n) is 4.00. The fraction of sp³-hybridized carbons (Fsp3) is 0.700. The fourth-order valence-electron chi connectivity index (χ4n) is 1.79. The second-order valence-corrected chi connectivity index (χ2v) is 4.00. The summed E-state index contributed by atoms with van der Waals surface area (Å²) in [6.45, 7) is 5.00. The van der Waals surface area contributed by atoms with Crippen molar-refractivity contribution in [2.24, 2.45) is 0 Å². The number of nitrogens with one attached hydrogen (secondary N) is 1. The molecule has 1 aromatic heterocycles. The first-order valence-electron chi connectivity index (χ1n) is 5.65. The van der Waals surface area contributed by atoms with E-state index in [-0.39, 0.29) is 12.5 Å². The maximum absolute atomic E-state index is 12.0. The number of rotatable bonds is 5. The van der Waals surface area contributed by atoms with Gasteiger partial charge in [-0.3, -0.25) is 4.79 Å². The van der Waals surface area contributed by atoms with E-state index in [1.165, 1.54) is 0 Å². The summed E-state index contributed by atoms with van der Waals surface area (Å²) in [5, 5.41) is 10.7. The highest BCUT2D eigenvalue weighted by molar-refractivity contribution is 5.76. The molecule has 0 unspecified atom stereocenters. The molecule has 88 valence electrons. The lowest BCUT2D eigenvalue weighted by atomic mass is 10.1. The number of carbonyl (C=O) groups excluding carboxylic acids is 1. The van der Waals surface area contributed by atoms with E-state index in [1.54, 1.807) is 17.1 Å². The molecule has 0 aliphatic carbocycles. The Morgan fingerprint density at radius 3 is 2.94 bits per heavy atom. The Hall–Kier alpha value is -1.43. The van der Waals surface area contributed by atoms with Gasteiger partial charge in [-0.05, 0) is 6.42 Å². The standard InChI is InChI=1S/C10H17N5O/c1-2-4-15(9-6-11-7-9)10(16)8-14-5-3-12-13-14/h3,5,9,11H,2,4,6-8H2,1H3. The summed E-state index contributed by atoms with van der Waals surface area (Å²) in [6.07, 6.45) is 4.28. The van der Waals surface area contributed by atoms with E-state index >= 15 is 0 Å². The molecular weight excluding hydrogens is 206 g/mol. The monoisotopic (exact) mass is 223 g/mol. The summed E-state index contributed by atoms with van der Waals surface area (Å²) in [5.41, 5.74) is 0. The minimum atomic E-state index is 0.124. The van der Waals surface area contributed by atoms with Gasteiger partial charge in [0.1, 0.15) is 6.54 Å². The molecule has 2 heterocycles. The average molecular weight is 223 g/mol. The van der Waals surface area contributed by atoms with E-state index < -0.39 is 0 Å². The third-order valence-electron chi connectivity index (χ3n) is 2.75. The van der Waals surface area contributed by atoms with Crippen LogP contribution in [0.5, 0.6) is 0 Å². The SMILES string of the molecule is CCCN(C(=O)Cn1ccnn1)C1CNC1. The van der Waals surface area contributed by atoms with Crippen LogP contribution in [-0.4, -0.2) is 51.5 Å². The van der Waals surface area contributed by atoms with Crippen molar-refractivity contribution < 1.29 is 4.79 Å². The summed E-state index contributed by atoms with van der Waals surface area (Å²) in [5.74, 6) is 0.124. The van der Waals surface area contributed by atoms with E-state index in [9.17, 15) is 4.79 Å². The van der Waals surface area contributed by atoms with E-state index in [4.69, 9.17) is 0 Å². The molecule has 1 aromatic rings. The fourth-order valence-corrected chi connectivity index (χ4v) is 1.79. The Morgan fingerprint density at radius 1 is 1.62 bits per heavy atom. The molecule has 0 spiro atoms. The van der Waals surface area contributed by atoms with Crippen molar-refractivity contribution in [1.82, 2.24) is 25.2 Å². The van der Waals surface area contributed by atoms with E-state index in [1.807, 2.05) is 4.90 Å². The lowest BCUT2D eigenvalue weighted by molar-refractivity contribution is -0.135. The first-order chi connectivity index (χ1) is 7.81. The molecule has 1 aliphatic rings. The molecule has 1 N–H and O–H groups in total. The van der Waals surface area contributed by atoms with E-state index in [2.05, 4.69) is 22.6 Å². The van der Waals surface area contributed by atoms with Crippen molar-refractivity contribution in [2.75, 3.05) is 19.6 Å². The number of hydrogen-bond acceptors (Lipinski definition) is 4. The van der Waals surface area contributed by atoms with Crippen molar-refractivity contribution in [2.45, 2.75) is 25.9 Å². The molecule has 1 aliphatic heterocycles. The van der Waals surface area contributed by atoms with Gasteiger partial charge in [0, 0.05) is 25.8 Å². The first-order valence-corrected chi connectivity index (χ1v) is 5.65. The average Bonchev–Trinajstić information content (AvgIpc) is 2.67. The van der Waals surface area contributed by atoms with Gasteiger partial charge in [-0.1, -0.05) is 12.1 Å². The predicted molar refractivity (Wildman–Crippen MR) is 58.7 cm³/mol. The summed E-state index contributed by atoms with van der Waals surface area (Å²) < 4.78 is 1.57. The van der Waals surface area contributed by atoms with Crippen LogP contribution in [0, 0.1) is 0 Å². The Balaban J connectivity index is 1.93. The van der Waals surface area contributed by atoms with Crippen molar-refractivity contribution in [3.63, 3.8) is 0 Å². The third-order valence-corrected chi connectivity index (χ3v) is 2.75. The summed E-state index contributed by atoms with van der Waals surface area (Å²) in [7, 11) is 0. The van der Waals surface area contributed by atoms with Gasteiger partial charge in [-0.15, -0.1) is 5.10 Å². The molecule has 1 saturated heterocycles. The van der Waals surface area contributed by atoms with Crippen LogP contribution >= 0.6 is 0 Å². The Labute approximate surface area is 94.6 Å². The Bertz CT molecular complexity index is 333. The minimum Gasteiger partial charge on any atom is -0.336 e. The minimum absolute atomic E-state index is 0.124. The quantitative estimate of drug-likeness (QED) is 0.730. The molecule has 0 radical (unpaired) electrons. The van der Waals surface area contributed by atoms with Crippen LogP contribution in [0.4, 0.5) is 0 Å². The normalized spacial score (nSPS) is 15.8. The Morgan fingerprint density at radius 2 is 2.44 bits per heavy atom. The molecule has 2 rings (SSSR count). The molecule has 16 heavy (non-hydrogen) atoms. The van der Waals surface area contributed by atoms with Gasteiger partial charge in [0.25, 0.3) is 0 Å². The highest BCUT2D eigenvalue weighted by Gasteiger charge is 2.27. The van der Waals surface area contributed by atoms with Gasteiger partial charge >= 0.3 is 0 Å². The number of aromatic nitrogens is 3. The van der Waals surface area contributed by atoms with Crippen LogP contribution in [0.25, 0.3) is 0 Å². The van der Waals surface area contributed by atoms with Crippen molar-refractivity contribution in [3.8, 4) is 0 Å². The van der Waals surface area contributed by atoms with Crippen LogP contribution in [0.2, 0.25) is 0 Å². The Kier molecular flexibility index (Phi) is 3.51.